The van der Waals surface area contributed by atoms with Gasteiger partial charge in [0.1, 0.15) is 0 Å². The molecule has 7 nitrogen and oxygen atoms in total. The second-order valence-electron chi connectivity index (χ2n) is 9.25. The highest BCUT2D eigenvalue weighted by Crippen LogP contribution is 2.24. The van der Waals surface area contributed by atoms with Crippen molar-refractivity contribution in [1.82, 2.24) is 14.5 Å². The molecule has 186 valence electrons. The van der Waals surface area contributed by atoms with Gasteiger partial charge in [0.2, 0.25) is 0 Å². The van der Waals surface area contributed by atoms with Crippen LogP contribution in [0.3, 0.4) is 0 Å². The lowest BCUT2D eigenvalue weighted by molar-refractivity contribution is -0.119. The topological polar surface area (TPSA) is 70.8 Å². The van der Waals surface area contributed by atoms with Crippen LogP contribution in [0.15, 0.2) is 64.3 Å². The van der Waals surface area contributed by atoms with Crippen molar-refractivity contribution >= 4 is 51.8 Å². The van der Waals surface area contributed by atoms with Gasteiger partial charge in [0.05, 0.1) is 33.8 Å². The third kappa shape index (κ3) is 5.69. The SMILES string of the molecule is O=C(CCc1ccc(Cl)c(Cl)c1)Cn1cnc2ccc(N3CCN(CC4=CN=CC4)CC3)cc2c1=O. The molecule has 9 heteroatoms. The Bertz CT molecular complexity index is 1410. The Morgan fingerprint density at radius 2 is 1.83 bits per heavy atom. The fourth-order valence-corrected chi connectivity index (χ4v) is 4.96. The molecule has 0 aliphatic carbocycles. The number of aryl methyl sites for hydroxylation is 1. The summed E-state index contributed by atoms with van der Waals surface area (Å²) in [6.07, 6.45) is 7.15. The third-order valence-electron chi connectivity index (χ3n) is 6.71. The number of hydrogen-bond donors (Lipinski definition) is 0. The first-order valence-electron chi connectivity index (χ1n) is 12.1. The van der Waals surface area contributed by atoms with Gasteiger partial charge in [-0.25, -0.2) is 4.98 Å². The number of rotatable bonds is 8. The number of fused-ring (bicyclic) bond motifs is 1. The molecule has 3 heterocycles. The van der Waals surface area contributed by atoms with E-state index in [0.29, 0.717) is 33.8 Å². The first-order valence-corrected chi connectivity index (χ1v) is 12.8. The lowest BCUT2D eigenvalue weighted by Crippen LogP contribution is -2.46. The second kappa shape index (κ2) is 10.9. The number of anilines is 1. The number of carbonyl (C=O) groups excluding carboxylic acids is 1. The van der Waals surface area contributed by atoms with Gasteiger partial charge < -0.3 is 4.90 Å². The van der Waals surface area contributed by atoms with Crippen molar-refractivity contribution in [3.05, 3.63) is 80.5 Å². The van der Waals surface area contributed by atoms with Gasteiger partial charge in [-0.05, 0) is 47.9 Å². The third-order valence-corrected chi connectivity index (χ3v) is 7.45. The zero-order valence-corrected chi connectivity index (χ0v) is 21.4. The molecular weight excluding hydrogens is 497 g/mol. The Hall–Kier alpha value is -3.00. The molecule has 2 aromatic carbocycles. The zero-order valence-electron chi connectivity index (χ0n) is 19.9. The molecule has 1 saturated heterocycles. The quantitative estimate of drug-likeness (QED) is 0.438. The van der Waals surface area contributed by atoms with E-state index >= 15 is 0 Å². The molecule has 0 saturated carbocycles. The minimum Gasteiger partial charge on any atom is -0.369 e. The minimum atomic E-state index is -0.198. The predicted molar refractivity (Wildman–Crippen MR) is 146 cm³/mol. The van der Waals surface area contributed by atoms with E-state index in [-0.39, 0.29) is 17.9 Å². The fourth-order valence-electron chi connectivity index (χ4n) is 4.64. The van der Waals surface area contributed by atoms with Gasteiger partial charge in [0.25, 0.3) is 5.56 Å². The molecule has 36 heavy (non-hydrogen) atoms. The lowest BCUT2D eigenvalue weighted by atomic mass is 10.1. The monoisotopic (exact) mass is 523 g/mol. The Morgan fingerprint density at radius 3 is 2.58 bits per heavy atom. The van der Waals surface area contributed by atoms with E-state index in [1.807, 2.05) is 36.7 Å². The van der Waals surface area contributed by atoms with Crippen molar-refractivity contribution in [2.24, 2.45) is 4.99 Å². The van der Waals surface area contributed by atoms with Gasteiger partial charge in [-0.15, -0.1) is 0 Å². The molecule has 0 radical (unpaired) electrons. The first-order chi connectivity index (χ1) is 17.5. The Morgan fingerprint density at radius 1 is 1.00 bits per heavy atom. The molecule has 5 rings (SSSR count). The molecule has 3 aromatic rings. The minimum absolute atomic E-state index is 0.00837. The van der Waals surface area contributed by atoms with Gasteiger partial charge in [0.15, 0.2) is 5.78 Å². The fraction of sp³-hybridized carbons (Fsp3) is 0.333. The number of piperazine rings is 1. The number of benzene rings is 2. The normalized spacial score (nSPS) is 16.1. The number of hydrogen-bond acceptors (Lipinski definition) is 6. The largest absolute Gasteiger partial charge is 0.369 e. The van der Waals surface area contributed by atoms with Crippen molar-refractivity contribution in [1.29, 1.82) is 0 Å². The van der Waals surface area contributed by atoms with E-state index in [0.717, 1.165) is 50.4 Å². The molecule has 0 atom stereocenters. The maximum absolute atomic E-state index is 13.2. The van der Waals surface area contributed by atoms with E-state index < -0.39 is 0 Å². The van der Waals surface area contributed by atoms with Crippen LogP contribution in [0, 0.1) is 0 Å². The Labute approximate surface area is 219 Å². The van der Waals surface area contributed by atoms with E-state index in [2.05, 4.69) is 19.8 Å². The number of aromatic nitrogens is 2. The van der Waals surface area contributed by atoms with Gasteiger partial charge >= 0.3 is 0 Å². The molecule has 0 spiro atoms. The standard InChI is InChI=1S/C27H27Cl2N5O2/c28-24-5-2-19(13-25(24)29)1-4-22(35)17-34-18-31-26-6-3-21(14-23(26)27(34)36)33-11-9-32(10-12-33)16-20-7-8-30-15-20/h2-3,5-6,8,13-15,18H,1,4,7,9-12,16-17H2. The summed E-state index contributed by atoms with van der Waals surface area (Å²) >= 11 is 12.0. The molecule has 2 aliphatic heterocycles. The lowest BCUT2D eigenvalue weighted by Gasteiger charge is -2.36. The molecule has 0 bridgehead atoms. The maximum Gasteiger partial charge on any atom is 0.261 e. The van der Waals surface area contributed by atoms with Gasteiger partial charge in [0, 0.05) is 63.7 Å². The van der Waals surface area contributed by atoms with Crippen molar-refractivity contribution in [2.45, 2.75) is 25.8 Å². The number of aliphatic imine (C=N–C) groups is 1. The molecule has 0 unspecified atom stereocenters. The average molecular weight is 524 g/mol. The van der Waals surface area contributed by atoms with Crippen molar-refractivity contribution in [2.75, 3.05) is 37.6 Å². The smallest absolute Gasteiger partial charge is 0.261 e. The summed E-state index contributed by atoms with van der Waals surface area (Å²) in [5.41, 5.74) is 3.73. The predicted octanol–water partition coefficient (Wildman–Crippen LogP) is 4.39. The van der Waals surface area contributed by atoms with Crippen LogP contribution in [-0.4, -0.2) is 59.2 Å². The number of Topliss-reactive ketones (excluding diaryl/α,β-unsaturated/α-hetero) is 1. The van der Waals surface area contributed by atoms with Crippen molar-refractivity contribution < 1.29 is 4.79 Å². The molecule has 1 aromatic heterocycles. The van der Waals surface area contributed by atoms with E-state index in [1.165, 1.54) is 16.5 Å². The Balaban J connectivity index is 1.23. The summed E-state index contributed by atoms with van der Waals surface area (Å²) in [5, 5.41) is 1.48. The average Bonchev–Trinajstić information content (AvgIpc) is 3.40. The summed E-state index contributed by atoms with van der Waals surface area (Å²) in [6.45, 7) is 4.65. The highest BCUT2D eigenvalue weighted by atomic mass is 35.5. The molecule has 1 fully saturated rings. The molecule has 0 N–H and O–H groups in total. The number of nitrogens with zero attached hydrogens (tertiary/aromatic N) is 5. The number of carbonyl (C=O) groups is 1. The van der Waals surface area contributed by atoms with Crippen molar-refractivity contribution in [3.63, 3.8) is 0 Å². The van der Waals surface area contributed by atoms with Gasteiger partial charge in [-0.2, -0.15) is 0 Å². The van der Waals surface area contributed by atoms with Crippen LogP contribution in [0.4, 0.5) is 5.69 Å². The van der Waals surface area contributed by atoms with Crippen LogP contribution >= 0.6 is 23.2 Å². The zero-order chi connectivity index (χ0) is 25.1. The van der Waals surface area contributed by atoms with Crippen LogP contribution in [0.2, 0.25) is 10.0 Å². The summed E-state index contributed by atoms with van der Waals surface area (Å²) in [5.74, 6) is -0.0422. The highest BCUT2D eigenvalue weighted by molar-refractivity contribution is 6.42. The van der Waals surface area contributed by atoms with E-state index in [1.54, 1.807) is 12.1 Å². The molecule has 0 amide bonds. The summed E-state index contributed by atoms with van der Waals surface area (Å²) < 4.78 is 1.40. The number of halogens is 2. The van der Waals surface area contributed by atoms with Crippen LogP contribution in [0.25, 0.3) is 10.9 Å². The van der Waals surface area contributed by atoms with Gasteiger partial charge in [-0.3, -0.25) is 24.0 Å². The highest BCUT2D eigenvalue weighted by Gasteiger charge is 2.19. The summed E-state index contributed by atoms with van der Waals surface area (Å²) in [4.78, 5) is 39.2. The van der Waals surface area contributed by atoms with E-state index in [9.17, 15) is 9.59 Å². The van der Waals surface area contributed by atoms with E-state index in [4.69, 9.17) is 23.2 Å². The maximum atomic E-state index is 13.2. The number of ketones is 1. The molecule has 2 aliphatic rings. The van der Waals surface area contributed by atoms with Crippen LogP contribution in [0.5, 0.6) is 0 Å². The summed E-state index contributed by atoms with van der Waals surface area (Å²) in [6, 6.07) is 11.2. The van der Waals surface area contributed by atoms with Gasteiger partial charge in [-0.1, -0.05) is 29.3 Å². The second-order valence-corrected chi connectivity index (χ2v) is 10.1. The van der Waals surface area contributed by atoms with Crippen molar-refractivity contribution in [3.8, 4) is 0 Å². The summed E-state index contributed by atoms with van der Waals surface area (Å²) in [7, 11) is 0. The van der Waals surface area contributed by atoms with Crippen LogP contribution < -0.4 is 10.5 Å². The molecular formula is C27H27Cl2N5O2. The van der Waals surface area contributed by atoms with Crippen LogP contribution in [-0.2, 0) is 17.8 Å². The van der Waals surface area contributed by atoms with Crippen LogP contribution in [0.1, 0.15) is 18.4 Å². The first kappa shape index (κ1) is 24.7. The Kier molecular flexibility index (Phi) is 7.51.